The lowest BCUT2D eigenvalue weighted by Crippen LogP contribution is -2.28. The van der Waals surface area contributed by atoms with E-state index >= 15 is 0 Å². The van der Waals surface area contributed by atoms with Crippen LogP contribution in [0.5, 0.6) is 0 Å². The lowest BCUT2D eigenvalue weighted by Gasteiger charge is -2.23. The zero-order valence-corrected chi connectivity index (χ0v) is 16.7. The first kappa shape index (κ1) is 18.4. The van der Waals surface area contributed by atoms with E-state index in [1.54, 1.807) is 10.7 Å². The maximum atomic E-state index is 13.2. The minimum Gasteiger partial charge on any atom is -0.310 e. The van der Waals surface area contributed by atoms with Crippen molar-refractivity contribution in [3.63, 3.8) is 0 Å². The number of carbonyl (C=O) groups excluding carboxylic acids is 2. The van der Waals surface area contributed by atoms with Gasteiger partial charge in [-0.3, -0.25) is 9.59 Å². The maximum absolute atomic E-state index is 13.2. The molecule has 1 N–H and O–H groups in total. The Hall–Kier alpha value is -2.92. The van der Waals surface area contributed by atoms with Gasteiger partial charge in [0.15, 0.2) is 5.78 Å². The van der Waals surface area contributed by atoms with Crippen molar-refractivity contribution >= 4 is 29.1 Å². The van der Waals surface area contributed by atoms with Crippen molar-refractivity contribution in [2.24, 2.45) is 0 Å². The number of benzene rings is 2. The predicted molar refractivity (Wildman–Crippen MR) is 110 cm³/mol. The normalized spacial score (nSPS) is 15.9. The first-order valence-corrected chi connectivity index (χ1v) is 9.49. The van der Waals surface area contributed by atoms with Gasteiger partial charge in [-0.2, -0.15) is 5.10 Å². The minimum atomic E-state index is -0.555. The quantitative estimate of drug-likeness (QED) is 0.652. The van der Waals surface area contributed by atoms with Gasteiger partial charge in [0.05, 0.1) is 17.3 Å². The summed E-state index contributed by atoms with van der Waals surface area (Å²) < 4.78 is 1.66. The Morgan fingerprint density at radius 1 is 1.14 bits per heavy atom. The molecule has 0 aliphatic carbocycles. The average Bonchev–Trinajstić information content (AvgIpc) is 3.00. The molecule has 6 heteroatoms. The summed E-state index contributed by atoms with van der Waals surface area (Å²) in [6.07, 6.45) is 0.112. The summed E-state index contributed by atoms with van der Waals surface area (Å²) in [7, 11) is 0. The van der Waals surface area contributed by atoms with E-state index in [1.165, 1.54) is 0 Å². The molecule has 1 amide bonds. The molecule has 0 saturated heterocycles. The van der Waals surface area contributed by atoms with E-state index in [9.17, 15) is 9.59 Å². The van der Waals surface area contributed by atoms with Crippen LogP contribution in [-0.4, -0.2) is 21.5 Å². The second kappa shape index (κ2) is 6.91. The van der Waals surface area contributed by atoms with E-state index in [4.69, 9.17) is 11.6 Å². The van der Waals surface area contributed by atoms with Crippen LogP contribution in [0.2, 0.25) is 5.02 Å². The third-order valence-corrected chi connectivity index (χ3v) is 5.56. The number of aromatic nitrogens is 2. The zero-order chi connectivity index (χ0) is 20.0. The van der Waals surface area contributed by atoms with Gasteiger partial charge in [-0.15, -0.1) is 0 Å². The van der Waals surface area contributed by atoms with Crippen molar-refractivity contribution in [2.75, 3.05) is 5.32 Å². The molecule has 0 radical (unpaired) electrons. The van der Waals surface area contributed by atoms with E-state index in [0.717, 1.165) is 28.1 Å². The highest BCUT2D eigenvalue weighted by molar-refractivity contribution is 6.31. The van der Waals surface area contributed by atoms with Crippen LogP contribution in [-0.2, 0) is 4.79 Å². The Bertz CT molecular complexity index is 1100. The van der Waals surface area contributed by atoms with E-state index in [-0.39, 0.29) is 18.1 Å². The van der Waals surface area contributed by atoms with Crippen LogP contribution in [0.1, 0.15) is 45.1 Å². The van der Waals surface area contributed by atoms with Crippen molar-refractivity contribution in [2.45, 2.75) is 33.1 Å². The number of hydrogen-bond donors (Lipinski definition) is 1. The number of halogens is 1. The SMILES string of the molecule is Cc1ccc(C(=O)[C@H]2CC(=O)Nc3c2c(C)nn3-c2ccc(C)c(Cl)c2)cc1. The molecule has 2 heterocycles. The molecule has 0 unspecified atom stereocenters. The van der Waals surface area contributed by atoms with E-state index in [2.05, 4.69) is 10.4 Å². The molecular weight excluding hydrogens is 374 g/mol. The van der Waals surface area contributed by atoms with Crippen molar-refractivity contribution in [3.8, 4) is 5.69 Å². The standard InChI is InChI=1S/C22H20ClN3O2/c1-12-4-7-15(8-5-12)21(28)17-11-19(27)24-22-20(17)14(3)25-26(22)16-9-6-13(2)18(23)10-16/h4-10,17H,11H2,1-3H3,(H,24,27)/t17-/m0/s1. The topological polar surface area (TPSA) is 64.0 Å². The number of rotatable bonds is 3. The first-order chi connectivity index (χ1) is 13.3. The summed E-state index contributed by atoms with van der Waals surface area (Å²) in [5, 5.41) is 8.11. The van der Waals surface area contributed by atoms with Gasteiger partial charge in [-0.1, -0.05) is 47.5 Å². The van der Waals surface area contributed by atoms with Crippen LogP contribution in [0.15, 0.2) is 42.5 Å². The van der Waals surface area contributed by atoms with Crippen LogP contribution in [0.4, 0.5) is 5.82 Å². The Labute approximate surface area is 168 Å². The van der Waals surface area contributed by atoms with Gasteiger partial charge >= 0.3 is 0 Å². The molecule has 4 rings (SSSR count). The summed E-state index contributed by atoms with van der Waals surface area (Å²) in [5.41, 5.74) is 4.86. The summed E-state index contributed by atoms with van der Waals surface area (Å²) in [4.78, 5) is 25.6. The molecule has 0 bridgehead atoms. The first-order valence-electron chi connectivity index (χ1n) is 9.12. The molecule has 142 valence electrons. The summed E-state index contributed by atoms with van der Waals surface area (Å²) >= 11 is 6.27. The minimum absolute atomic E-state index is 0.0688. The van der Waals surface area contributed by atoms with Crippen molar-refractivity contribution in [1.29, 1.82) is 0 Å². The second-order valence-corrected chi connectivity index (χ2v) is 7.64. The number of nitrogens with one attached hydrogen (secondary N) is 1. The van der Waals surface area contributed by atoms with E-state index in [0.29, 0.717) is 16.4 Å². The number of fused-ring (bicyclic) bond motifs is 1. The van der Waals surface area contributed by atoms with E-state index in [1.807, 2.05) is 57.2 Å². The largest absolute Gasteiger partial charge is 0.310 e. The molecular formula is C22H20ClN3O2. The van der Waals surface area contributed by atoms with E-state index < -0.39 is 5.92 Å². The number of ketones is 1. The fraction of sp³-hybridized carbons (Fsp3) is 0.227. The molecule has 5 nitrogen and oxygen atoms in total. The predicted octanol–water partition coefficient (Wildman–Crippen LogP) is 4.76. The summed E-state index contributed by atoms with van der Waals surface area (Å²) in [6, 6.07) is 13.0. The molecule has 1 aliphatic heterocycles. The lowest BCUT2D eigenvalue weighted by molar-refractivity contribution is -0.116. The van der Waals surface area contributed by atoms with Gasteiger partial charge in [0.25, 0.3) is 0 Å². The van der Waals surface area contributed by atoms with Crippen LogP contribution in [0.3, 0.4) is 0 Å². The second-order valence-electron chi connectivity index (χ2n) is 7.23. The number of anilines is 1. The van der Waals surface area contributed by atoms with Crippen molar-refractivity contribution in [1.82, 2.24) is 9.78 Å². The van der Waals surface area contributed by atoms with Crippen LogP contribution in [0, 0.1) is 20.8 Å². The molecule has 0 fully saturated rings. The number of carbonyl (C=O) groups is 2. The van der Waals surface area contributed by atoms with Gasteiger partial charge in [0.2, 0.25) is 5.91 Å². The fourth-order valence-corrected chi connectivity index (χ4v) is 3.77. The lowest BCUT2D eigenvalue weighted by atomic mass is 9.85. The molecule has 28 heavy (non-hydrogen) atoms. The Kier molecular flexibility index (Phi) is 4.55. The molecule has 0 spiro atoms. The highest BCUT2D eigenvalue weighted by Gasteiger charge is 2.36. The molecule has 1 aromatic heterocycles. The molecule has 0 saturated carbocycles. The number of Topliss-reactive ketones (excluding diaryl/α,β-unsaturated/α-hetero) is 1. The molecule has 3 aromatic rings. The van der Waals surface area contributed by atoms with Crippen LogP contribution < -0.4 is 5.32 Å². The van der Waals surface area contributed by atoms with Crippen LogP contribution >= 0.6 is 11.6 Å². The summed E-state index contributed by atoms with van der Waals surface area (Å²) in [5.74, 6) is -0.279. The third-order valence-electron chi connectivity index (χ3n) is 5.16. The molecule has 2 aromatic carbocycles. The van der Waals surface area contributed by atoms with Gasteiger partial charge < -0.3 is 5.32 Å². The Balaban J connectivity index is 1.82. The van der Waals surface area contributed by atoms with Gasteiger partial charge in [0, 0.05) is 22.6 Å². The number of hydrogen-bond acceptors (Lipinski definition) is 3. The van der Waals surface area contributed by atoms with Gasteiger partial charge in [-0.05, 0) is 38.5 Å². The molecule has 1 atom stereocenters. The number of nitrogens with zero attached hydrogens (tertiary/aromatic N) is 2. The third kappa shape index (κ3) is 3.12. The van der Waals surface area contributed by atoms with Gasteiger partial charge in [0.1, 0.15) is 5.82 Å². The smallest absolute Gasteiger partial charge is 0.226 e. The zero-order valence-electron chi connectivity index (χ0n) is 15.9. The maximum Gasteiger partial charge on any atom is 0.226 e. The summed E-state index contributed by atoms with van der Waals surface area (Å²) in [6.45, 7) is 5.76. The highest BCUT2D eigenvalue weighted by Crippen LogP contribution is 2.38. The van der Waals surface area contributed by atoms with Crippen molar-refractivity contribution in [3.05, 3.63) is 75.4 Å². The fourth-order valence-electron chi connectivity index (χ4n) is 3.59. The monoisotopic (exact) mass is 393 g/mol. The Morgan fingerprint density at radius 2 is 1.86 bits per heavy atom. The van der Waals surface area contributed by atoms with Gasteiger partial charge in [-0.25, -0.2) is 4.68 Å². The number of amides is 1. The van der Waals surface area contributed by atoms with Crippen molar-refractivity contribution < 1.29 is 9.59 Å². The molecule has 1 aliphatic rings. The van der Waals surface area contributed by atoms with Crippen LogP contribution in [0.25, 0.3) is 5.69 Å². The highest BCUT2D eigenvalue weighted by atomic mass is 35.5. The Morgan fingerprint density at radius 3 is 2.54 bits per heavy atom. The average molecular weight is 394 g/mol. The number of aryl methyl sites for hydroxylation is 3.